The predicted molar refractivity (Wildman–Crippen MR) is 68.2 cm³/mol. The van der Waals surface area contributed by atoms with Crippen LogP contribution in [0.4, 0.5) is 0 Å². The van der Waals surface area contributed by atoms with Crippen molar-refractivity contribution in [2.75, 3.05) is 7.05 Å². The zero-order chi connectivity index (χ0) is 12.1. The van der Waals surface area contributed by atoms with Crippen molar-refractivity contribution in [3.8, 4) is 0 Å². The van der Waals surface area contributed by atoms with E-state index in [1.165, 1.54) is 5.56 Å². The Bertz CT molecular complexity index is 322. The van der Waals surface area contributed by atoms with Gasteiger partial charge in [-0.25, -0.2) is 0 Å². The SMILES string of the molecule is CC(C)C(N)CC(=O)N(C)Cc1ccsc1. The third kappa shape index (κ3) is 3.94. The van der Waals surface area contributed by atoms with E-state index in [1.807, 2.05) is 32.3 Å². The highest BCUT2D eigenvalue weighted by Crippen LogP contribution is 2.10. The summed E-state index contributed by atoms with van der Waals surface area (Å²) in [7, 11) is 1.83. The first kappa shape index (κ1) is 13.2. The van der Waals surface area contributed by atoms with Gasteiger partial charge in [0.15, 0.2) is 0 Å². The van der Waals surface area contributed by atoms with E-state index >= 15 is 0 Å². The van der Waals surface area contributed by atoms with E-state index in [0.29, 0.717) is 18.9 Å². The molecule has 0 aromatic carbocycles. The molecule has 0 spiro atoms. The molecule has 1 rings (SSSR count). The summed E-state index contributed by atoms with van der Waals surface area (Å²) >= 11 is 1.65. The fourth-order valence-electron chi connectivity index (χ4n) is 1.34. The van der Waals surface area contributed by atoms with Crippen molar-refractivity contribution in [2.24, 2.45) is 11.7 Å². The summed E-state index contributed by atoms with van der Waals surface area (Å²) in [4.78, 5) is 13.6. The highest BCUT2D eigenvalue weighted by Gasteiger charge is 2.16. The third-order valence-corrected chi connectivity index (χ3v) is 3.42. The average molecular weight is 240 g/mol. The molecule has 1 aromatic heterocycles. The number of hydrogen-bond acceptors (Lipinski definition) is 3. The van der Waals surface area contributed by atoms with Crippen LogP contribution in [0.3, 0.4) is 0 Å². The van der Waals surface area contributed by atoms with Crippen molar-refractivity contribution in [2.45, 2.75) is 32.9 Å². The number of rotatable bonds is 5. The topological polar surface area (TPSA) is 46.3 Å². The molecule has 0 aliphatic rings. The van der Waals surface area contributed by atoms with Crippen LogP contribution in [0.2, 0.25) is 0 Å². The first-order valence-electron chi connectivity index (χ1n) is 5.51. The van der Waals surface area contributed by atoms with Crippen LogP contribution < -0.4 is 5.73 Å². The molecule has 16 heavy (non-hydrogen) atoms. The summed E-state index contributed by atoms with van der Waals surface area (Å²) in [5.41, 5.74) is 7.06. The molecule has 1 aromatic rings. The lowest BCUT2D eigenvalue weighted by Gasteiger charge is -2.20. The van der Waals surface area contributed by atoms with Crippen LogP contribution >= 0.6 is 11.3 Å². The van der Waals surface area contributed by atoms with Gasteiger partial charge in [0.1, 0.15) is 0 Å². The summed E-state index contributed by atoms with van der Waals surface area (Å²) in [6, 6.07) is 1.99. The van der Waals surface area contributed by atoms with Gasteiger partial charge in [0.05, 0.1) is 0 Å². The van der Waals surface area contributed by atoms with Crippen molar-refractivity contribution in [1.82, 2.24) is 4.90 Å². The summed E-state index contributed by atoms with van der Waals surface area (Å²) in [5, 5.41) is 4.08. The largest absolute Gasteiger partial charge is 0.341 e. The van der Waals surface area contributed by atoms with E-state index in [0.717, 1.165) is 0 Å². The summed E-state index contributed by atoms with van der Waals surface area (Å²) < 4.78 is 0. The molecule has 0 radical (unpaired) electrons. The zero-order valence-electron chi connectivity index (χ0n) is 10.1. The minimum atomic E-state index is -0.0441. The highest BCUT2D eigenvalue weighted by molar-refractivity contribution is 7.07. The quantitative estimate of drug-likeness (QED) is 0.856. The molecule has 4 heteroatoms. The van der Waals surface area contributed by atoms with Crippen molar-refractivity contribution in [3.63, 3.8) is 0 Å². The van der Waals surface area contributed by atoms with E-state index in [4.69, 9.17) is 5.73 Å². The van der Waals surface area contributed by atoms with Gasteiger partial charge >= 0.3 is 0 Å². The summed E-state index contributed by atoms with van der Waals surface area (Å²) in [5.74, 6) is 0.464. The van der Waals surface area contributed by atoms with E-state index < -0.39 is 0 Å². The lowest BCUT2D eigenvalue weighted by molar-refractivity contribution is -0.131. The fourth-order valence-corrected chi connectivity index (χ4v) is 2.00. The van der Waals surface area contributed by atoms with Gasteiger partial charge in [0.2, 0.25) is 5.91 Å². The van der Waals surface area contributed by atoms with Crippen LogP contribution in [0, 0.1) is 5.92 Å². The lowest BCUT2D eigenvalue weighted by Crippen LogP contribution is -2.35. The Balaban J connectivity index is 2.42. The number of thiophene rings is 1. The van der Waals surface area contributed by atoms with E-state index in [9.17, 15) is 4.79 Å². The molecule has 2 N–H and O–H groups in total. The van der Waals surface area contributed by atoms with Gasteiger partial charge < -0.3 is 10.6 Å². The van der Waals surface area contributed by atoms with Crippen molar-refractivity contribution < 1.29 is 4.79 Å². The zero-order valence-corrected chi connectivity index (χ0v) is 11.0. The summed E-state index contributed by atoms with van der Waals surface area (Å²) in [6.07, 6.45) is 0.429. The molecule has 0 aliphatic carbocycles. The van der Waals surface area contributed by atoms with Crippen LogP contribution in [0.25, 0.3) is 0 Å². The van der Waals surface area contributed by atoms with Gasteiger partial charge in [-0.05, 0) is 28.3 Å². The Morgan fingerprint density at radius 3 is 2.75 bits per heavy atom. The molecule has 1 atom stereocenters. The average Bonchev–Trinajstić information content (AvgIpc) is 2.69. The van der Waals surface area contributed by atoms with Crippen molar-refractivity contribution in [1.29, 1.82) is 0 Å². The van der Waals surface area contributed by atoms with Gasteiger partial charge in [0, 0.05) is 26.1 Å². The Morgan fingerprint density at radius 2 is 2.25 bits per heavy atom. The van der Waals surface area contributed by atoms with Crippen LogP contribution in [-0.2, 0) is 11.3 Å². The number of hydrogen-bond donors (Lipinski definition) is 1. The molecule has 0 aliphatic heterocycles. The molecule has 1 amide bonds. The smallest absolute Gasteiger partial charge is 0.224 e. The number of carbonyl (C=O) groups is 1. The second kappa shape index (κ2) is 6.01. The Morgan fingerprint density at radius 1 is 1.56 bits per heavy atom. The number of nitrogens with zero attached hydrogens (tertiary/aromatic N) is 1. The normalized spacial score (nSPS) is 12.8. The van der Waals surface area contributed by atoms with Gasteiger partial charge in [0.25, 0.3) is 0 Å². The predicted octanol–water partition coefficient (Wildman–Crippen LogP) is 2.08. The van der Waals surface area contributed by atoms with Crippen LogP contribution in [0.1, 0.15) is 25.8 Å². The maximum atomic E-state index is 11.8. The highest BCUT2D eigenvalue weighted by atomic mass is 32.1. The molecular weight excluding hydrogens is 220 g/mol. The third-order valence-electron chi connectivity index (χ3n) is 2.69. The standard InChI is InChI=1S/C12H20N2OS/c1-9(2)11(13)6-12(15)14(3)7-10-4-5-16-8-10/h4-5,8-9,11H,6-7,13H2,1-3H3. The molecule has 1 unspecified atom stereocenters. The molecular formula is C12H20N2OS. The fraction of sp³-hybridized carbons (Fsp3) is 0.583. The van der Waals surface area contributed by atoms with E-state index in [2.05, 4.69) is 5.38 Å². The monoisotopic (exact) mass is 240 g/mol. The maximum Gasteiger partial charge on any atom is 0.224 e. The van der Waals surface area contributed by atoms with Crippen molar-refractivity contribution in [3.05, 3.63) is 22.4 Å². The molecule has 90 valence electrons. The molecule has 1 heterocycles. The number of amides is 1. The minimum absolute atomic E-state index is 0.0441. The summed E-state index contributed by atoms with van der Waals surface area (Å²) in [6.45, 7) is 4.75. The van der Waals surface area contributed by atoms with Gasteiger partial charge in [-0.2, -0.15) is 11.3 Å². The molecule has 0 bridgehead atoms. The van der Waals surface area contributed by atoms with Gasteiger partial charge in [-0.15, -0.1) is 0 Å². The lowest BCUT2D eigenvalue weighted by atomic mass is 10.0. The van der Waals surface area contributed by atoms with E-state index in [1.54, 1.807) is 16.2 Å². The molecule has 0 saturated heterocycles. The molecule has 0 saturated carbocycles. The van der Waals surface area contributed by atoms with Crippen LogP contribution in [0.15, 0.2) is 16.8 Å². The van der Waals surface area contributed by atoms with Crippen LogP contribution in [-0.4, -0.2) is 23.9 Å². The first-order chi connectivity index (χ1) is 7.50. The first-order valence-corrected chi connectivity index (χ1v) is 6.45. The second-order valence-corrected chi connectivity index (χ2v) is 5.27. The van der Waals surface area contributed by atoms with Gasteiger partial charge in [-0.1, -0.05) is 13.8 Å². The van der Waals surface area contributed by atoms with Crippen LogP contribution in [0.5, 0.6) is 0 Å². The minimum Gasteiger partial charge on any atom is -0.341 e. The maximum absolute atomic E-state index is 11.8. The van der Waals surface area contributed by atoms with Gasteiger partial charge in [-0.3, -0.25) is 4.79 Å². The Kier molecular flexibility index (Phi) is 4.96. The van der Waals surface area contributed by atoms with Crippen molar-refractivity contribution >= 4 is 17.2 Å². The van der Waals surface area contributed by atoms with E-state index in [-0.39, 0.29) is 11.9 Å². The number of carbonyl (C=O) groups excluding carboxylic acids is 1. The molecule has 0 fully saturated rings. The number of nitrogens with two attached hydrogens (primary N) is 1. The second-order valence-electron chi connectivity index (χ2n) is 4.49. The molecule has 3 nitrogen and oxygen atoms in total. The Hall–Kier alpha value is -0.870. The Labute approximate surface area is 101 Å².